The lowest BCUT2D eigenvalue weighted by atomic mass is 9.95. The molecule has 0 aromatic carbocycles. The number of nitrogens with zero attached hydrogens (tertiary/aromatic N) is 1. The molecule has 0 bridgehead atoms. The zero-order chi connectivity index (χ0) is 11.6. The second-order valence-electron chi connectivity index (χ2n) is 5.35. The van der Waals surface area contributed by atoms with Gasteiger partial charge in [0, 0.05) is 6.04 Å². The maximum absolute atomic E-state index is 11.3. The van der Waals surface area contributed by atoms with Crippen molar-refractivity contribution in [3.8, 4) is 0 Å². The van der Waals surface area contributed by atoms with Crippen molar-refractivity contribution in [2.24, 2.45) is 5.92 Å². The fourth-order valence-electron chi connectivity index (χ4n) is 2.73. The Hall–Kier alpha value is -0.570. The quantitative estimate of drug-likeness (QED) is 0.779. The molecule has 1 heterocycles. The van der Waals surface area contributed by atoms with Crippen LogP contribution >= 0.6 is 0 Å². The van der Waals surface area contributed by atoms with Crippen molar-refractivity contribution in [3.05, 3.63) is 0 Å². The van der Waals surface area contributed by atoms with Gasteiger partial charge in [0.05, 0.1) is 0 Å². The zero-order valence-corrected chi connectivity index (χ0v) is 10.3. The topological polar surface area (TPSA) is 40.5 Å². The van der Waals surface area contributed by atoms with E-state index in [2.05, 4.69) is 25.7 Å². The summed E-state index contributed by atoms with van der Waals surface area (Å²) in [5.41, 5.74) is -0.631. The van der Waals surface area contributed by atoms with Gasteiger partial charge in [0.1, 0.15) is 5.54 Å². The first-order chi connectivity index (χ1) is 6.88. The smallest absolute Gasteiger partial charge is 0.323 e. The Labute approximate surface area is 92.5 Å². The summed E-state index contributed by atoms with van der Waals surface area (Å²) in [4.78, 5) is 13.4. The van der Waals surface area contributed by atoms with Gasteiger partial charge in [0.25, 0.3) is 0 Å². The number of carboxylic acid groups (broad SMARTS) is 1. The van der Waals surface area contributed by atoms with E-state index < -0.39 is 11.5 Å². The molecule has 0 amide bonds. The van der Waals surface area contributed by atoms with Crippen LogP contribution in [-0.4, -0.2) is 34.1 Å². The lowest BCUT2D eigenvalue weighted by Crippen LogP contribution is -2.52. The third kappa shape index (κ3) is 2.51. The molecule has 88 valence electrons. The SMILES string of the molecule is CC(C)CC(C)N1CCCC1(C)C(=O)O. The first kappa shape index (κ1) is 12.5. The summed E-state index contributed by atoms with van der Waals surface area (Å²) in [6.07, 6.45) is 2.86. The molecule has 1 fully saturated rings. The lowest BCUT2D eigenvalue weighted by Gasteiger charge is -2.36. The van der Waals surface area contributed by atoms with E-state index in [0.717, 1.165) is 25.8 Å². The van der Waals surface area contributed by atoms with Gasteiger partial charge < -0.3 is 5.11 Å². The Morgan fingerprint density at radius 3 is 2.53 bits per heavy atom. The first-order valence-corrected chi connectivity index (χ1v) is 5.88. The summed E-state index contributed by atoms with van der Waals surface area (Å²) in [6, 6.07) is 0.369. The number of hydrogen-bond acceptors (Lipinski definition) is 2. The van der Waals surface area contributed by atoms with Gasteiger partial charge in [-0.05, 0) is 45.6 Å². The molecule has 15 heavy (non-hydrogen) atoms. The van der Waals surface area contributed by atoms with E-state index in [1.165, 1.54) is 0 Å². The average Bonchev–Trinajstić information content (AvgIpc) is 2.47. The summed E-state index contributed by atoms with van der Waals surface area (Å²) in [7, 11) is 0. The molecule has 0 aromatic rings. The Morgan fingerprint density at radius 2 is 2.07 bits per heavy atom. The van der Waals surface area contributed by atoms with E-state index in [4.69, 9.17) is 0 Å². The molecule has 2 atom stereocenters. The lowest BCUT2D eigenvalue weighted by molar-refractivity contribution is -0.150. The van der Waals surface area contributed by atoms with Crippen molar-refractivity contribution in [1.29, 1.82) is 0 Å². The van der Waals surface area contributed by atoms with E-state index in [9.17, 15) is 9.90 Å². The molecule has 1 rings (SSSR count). The highest BCUT2D eigenvalue weighted by Crippen LogP contribution is 2.32. The van der Waals surface area contributed by atoms with Crippen LogP contribution in [-0.2, 0) is 4.79 Å². The molecule has 1 aliphatic heterocycles. The summed E-state index contributed by atoms with van der Waals surface area (Å²) < 4.78 is 0. The van der Waals surface area contributed by atoms with Gasteiger partial charge in [0.2, 0.25) is 0 Å². The predicted octanol–water partition coefficient (Wildman–Crippen LogP) is 2.36. The standard InChI is InChI=1S/C12H23NO2/c1-9(2)8-10(3)13-7-5-6-12(13,4)11(14)15/h9-10H,5-8H2,1-4H3,(H,14,15). The highest BCUT2D eigenvalue weighted by molar-refractivity contribution is 5.78. The van der Waals surface area contributed by atoms with Crippen molar-refractivity contribution < 1.29 is 9.90 Å². The van der Waals surface area contributed by atoms with Gasteiger partial charge in [-0.2, -0.15) is 0 Å². The van der Waals surface area contributed by atoms with E-state index in [1.54, 1.807) is 0 Å². The molecule has 3 nitrogen and oxygen atoms in total. The minimum atomic E-state index is -0.671. The maximum Gasteiger partial charge on any atom is 0.323 e. The summed E-state index contributed by atoms with van der Waals surface area (Å²) in [5.74, 6) is -0.0470. The minimum Gasteiger partial charge on any atom is -0.480 e. The van der Waals surface area contributed by atoms with Crippen molar-refractivity contribution in [3.63, 3.8) is 0 Å². The minimum absolute atomic E-state index is 0.369. The Bertz CT molecular complexity index is 240. The van der Waals surface area contributed by atoms with Crippen LogP contribution in [0.4, 0.5) is 0 Å². The van der Waals surface area contributed by atoms with Crippen LogP contribution in [0, 0.1) is 5.92 Å². The van der Waals surface area contributed by atoms with Crippen molar-refractivity contribution >= 4 is 5.97 Å². The Kier molecular flexibility index (Phi) is 3.77. The molecular weight excluding hydrogens is 190 g/mol. The maximum atomic E-state index is 11.3. The molecule has 3 heteroatoms. The molecule has 0 spiro atoms. The van der Waals surface area contributed by atoms with Gasteiger partial charge >= 0.3 is 5.97 Å². The molecule has 0 saturated carbocycles. The molecule has 0 aromatic heterocycles. The molecular formula is C12H23NO2. The van der Waals surface area contributed by atoms with Gasteiger partial charge in [0.15, 0.2) is 0 Å². The summed E-state index contributed by atoms with van der Waals surface area (Å²) in [6.45, 7) is 9.30. The van der Waals surface area contributed by atoms with Gasteiger partial charge in [-0.3, -0.25) is 9.69 Å². The summed E-state index contributed by atoms with van der Waals surface area (Å²) >= 11 is 0. The normalized spacial score (nSPS) is 29.7. The molecule has 2 unspecified atom stereocenters. The number of carboxylic acids is 1. The van der Waals surface area contributed by atoms with Crippen LogP contribution in [0.3, 0.4) is 0 Å². The number of hydrogen-bond donors (Lipinski definition) is 1. The van der Waals surface area contributed by atoms with Gasteiger partial charge in [-0.15, -0.1) is 0 Å². The molecule has 0 aliphatic carbocycles. The monoisotopic (exact) mass is 213 g/mol. The summed E-state index contributed by atoms with van der Waals surface area (Å²) in [5, 5.41) is 9.28. The van der Waals surface area contributed by atoms with Crippen LogP contribution in [0.1, 0.15) is 47.0 Å². The highest BCUT2D eigenvalue weighted by atomic mass is 16.4. The van der Waals surface area contributed by atoms with Crippen LogP contribution < -0.4 is 0 Å². The van der Waals surface area contributed by atoms with Gasteiger partial charge in [-0.1, -0.05) is 13.8 Å². The van der Waals surface area contributed by atoms with Crippen LogP contribution in [0.25, 0.3) is 0 Å². The number of likely N-dealkylation sites (tertiary alicyclic amines) is 1. The number of carbonyl (C=O) groups is 1. The number of aliphatic carboxylic acids is 1. The van der Waals surface area contributed by atoms with Crippen molar-refractivity contribution in [1.82, 2.24) is 4.90 Å². The van der Waals surface area contributed by atoms with Crippen molar-refractivity contribution in [2.45, 2.75) is 58.5 Å². The van der Waals surface area contributed by atoms with Crippen LogP contribution in [0.2, 0.25) is 0 Å². The van der Waals surface area contributed by atoms with Gasteiger partial charge in [-0.25, -0.2) is 0 Å². The molecule has 1 aliphatic rings. The fourth-order valence-corrected chi connectivity index (χ4v) is 2.73. The number of rotatable bonds is 4. The van der Waals surface area contributed by atoms with E-state index in [1.807, 2.05) is 6.92 Å². The third-order valence-corrected chi connectivity index (χ3v) is 3.50. The second kappa shape index (κ2) is 4.52. The van der Waals surface area contributed by atoms with Crippen LogP contribution in [0.15, 0.2) is 0 Å². The van der Waals surface area contributed by atoms with E-state index in [-0.39, 0.29) is 0 Å². The Morgan fingerprint density at radius 1 is 1.47 bits per heavy atom. The largest absolute Gasteiger partial charge is 0.480 e. The second-order valence-corrected chi connectivity index (χ2v) is 5.35. The van der Waals surface area contributed by atoms with Crippen LogP contribution in [0.5, 0.6) is 0 Å². The Balaban J connectivity index is 2.72. The van der Waals surface area contributed by atoms with E-state index in [0.29, 0.717) is 12.0 Å². The molecule has 1 saturated heterocycles. The fraction of sp³-hybridized carbons (Fsp3) is 0.917. The molecule has 1 N–H and O–H groups in total. The van der Waals surface area contributed by atoms with Crippen molar-refractivity contribution in [2.75, 3.05) is 6.54 Å². The van der Waals surface area contributed by atoms with E-state index >= 15 is 0 Å². The predicted molar refractivity (Wildman–Crippen MR) is 60.9 cm³/mol. The average molecular weight is 213 g/mol. The molecule has 0 radical (unpaired) electrons. The third-order valence-electron chi connectivity index (χ3n) is 3.50. The first-order valence-electron chi connectivity index (χ1n) is 5.88. The highest BCUT2D eigenvalue weighted by Gasteiger charge is 2.45. The zero-order valence-electron chi connectivity index (χ0n) is 10.3.